The van der Waals surface area contributed by atoms with Crippen LogP contribution in [-0.4, -0.2) is 24.5 Å². The minimum Gasteiger partial charge on any atom is -0.364 e. The van der Waals surface area contributed by atoms with E-state index in [0.717, 1.165) is 39.1 Å². The van der Waals surface area contributed by atoms with Crippen molar-refractivity contribution >= 4 is 28.2 Å². The number of aromatic amines is 1. The Labute approximate surface area is 199 Å². The highest BCUT2D eigenvalue weighted by molar-refractivity contribution is 7.74. The molecular formula is C26H24N4O3S. The topological polar surface area (TPSA) is 109 Å². The van der Waals surface area contributed by atoms with E-state index in [1.165, 1.54) is 4.31 Å². The van der Waals surface area contributed by atoms with E-state index >= 15 is 0 Å². The maximum Gasteiger partial charge on any atom is 0.269 e. The zero-order chi connectivity index (χ0) is 24.0. The molecule has 4 aromatic rings. The number of nitrogens with zero attached hydrogens (tertiary/aromatic N) is 2. The fourth-order valence-electron chi connectivity index (χ4n) is 4.75. The second-order valence-electron chi connectivity index (χ2n) is 8.57. The Morgan fingerprint density at radius 1 is 1.06 bits per heavy atom. The Bertz CT molecular complexity index is 1480. The first-order valence-electron chi connectivity index (χ1n) is 10.9. The predicted molar refractivity (Wildman–Crippen MR) is 133 cm³/mol. The van der Waals surface area contributed by atoms with E-state index in [1.54, 1.807) is 12.1 Å². The maximum absolute atomic E-state index is 12.2. The molecule has 1 aliphatic carbocycles. The second kappa shape index (κ2) is 8.46. The third kappa shape index (κ3) is 3.66. The van der Waals surface area contributed by atoms with Gasteiger partial charge in [-0.15, -0.1) is 0 Å². The number of thiol groups is 1. The number of amides is 1. The van der Waals surface area contributed by atoms with Gasteiger partial charge in [0.05, 0.1) is 17.1 Å². The number of fused-ring (bicyclic) bond motifs is 3. The van der Waals surface area contributed by atoms with Crippen LogP contribution in [0, 0.1) is 13.8 Å². The van der Waals surface area contributed by atoms with Crippen molar-refractivity contribution < 1.29 is 13.2 Å². The summed E-state index contributed by atoms with van der Waals surface area (Å²) in [7, 11) is -2.90. The smallest absolute Gasteiger partial charge is 0.269 e. The number of carbonyl (C=O) groups is 1. The molecule has 172 valence electrons. The lowest BCUT2D eigenvalue weighted by Gasteiger charge is -2.26. The minimum atomic E-state index is -2.90. The van der Waals surface area contributed by atoms with Crippen LogP contribution in [0.1, 0.15) is 44.2 Å². The van der Waals surface area contributed by atoms with Gasteiger partial charge in [-0.3, -0.25) is 9.89 Å². The summed E-state index contributed by atoms with van der Waals surface area (Å²) in [6, 6.07) is 21.2. The molecule has 0 bridgehead atoms. The highest BCUT2D eigenvalue weighted by atomic mass is 32.2. The summed E-state index contributed by atoms with van der Waals surface area (Å²) in [6.07, 6.45) is 0.679. The molecule has 0 radical (unpaired) electrons. The molecule has 1 unspecified atom stereocenters. The fraction of sp³-hybridized carbons (Fsp3) is 0.154. The number of aromatic nitrogens is 2. The molecule has 3 N–H and O–H groups in total. The average Bonchev–Trinajstić information content (AvgIpc) is 3.27. The number of rotatable bonds is 5. The van der Waals surface area contributed by atoms with E-state index in [2.05, 4.69) is 16.3 Å². The lowest BCUT2D eigenvalue weighted by atomic mass is 9.77. The molecule has 5 rings (SSSR count). The van der Waals surface area contributed by atoms with Crippen molar-refractivity contribution in [2.75, 3.05) is 4.31 Å². The number of hydrogen-bond acceptors (Lipinski definition) is 4. The number of H-pyrrole nitrogens is 1. The molecule has 0 aliphatic heterocycles. The van der Waals surface area contributed by atoms with Gasteiger partial charge in [0.2, 0.25) is 10.9 Å². The van der Waals surface area contributed by atoms with Gasteiger partial charge in [-0.05, 0) is 60.7 Å². The standard InChI is InChI=1S/C26H24N4O3S/c1-15-7-8-16(2)22(13-15)30(34(32)33)19-11-9-17(10-12-19)21-14-18-5-3-4-6-20(18)24-23(21)25(26(27)31)29-28-24/h3-13,21,34H,14H2,1-2H3,(H2,27,31)(H,28,29). The number of benzene rings is 3. The number of anilines is 2. The fourth-order valence-corrected chi connectivity index (χ4v) is 5.46. The van der Waals surface area contributed by atoms with Crippen molar-refractivity contribution in [1.82, 2.24) is 10.2 Å². The summed E-state index contributed by atoms with van der Waals surface area (Å²) in [5, 5.41) is 7.21. The Balaban J connectivity index is 1.58. The number of nitrogens with two attached hydrogens (primary N) is 1. The lowest BCUT2D eigenvalue weighted by molar-refractivity contribution is 0.0994. The summed E-state index contributed by atoms with van der Waals surface area (Å²) in [5.74, 6) is -0.724. The molecule has 1 heterocycles. The Morgan fingerprint density at radius 2 is 1.79 bits per heavy atom. The zero-order valence-corrected chi connectivity index (χ0v) is 19.7. The quantitative estimate of drug-likeness (QED) is 0.379. The van der Waals surface area contributed by atoms with Gasteiger partial charge in [0.15, 0.2) is 5.69 Å². The van der Waals surface area contributed by atoms with E-state index < -0.39 is 16.8 Å². The lowest BCUT2D eigenvalue weighted by Crippen LogP contribution is -2.19. The van der Waals surface area contributed by atoms with Crippen LogP contribution < -0.4 is 10.0 Å². The molecule has 7 nitrogen and oxygen atoms in total. The van der Waals surface area contributed by atoms with Gasteiger partial charge in [0.25, 0.3) is 5.91 Å². The monoisotopic (exact) mass is 472 g/mol. The van der Waals surface area contributed by atoms with Crippen LogP contribution in [0.5, 0.6) is 0 Å². The third-order valence-corrected chi connectivity index (χ3v) is 7.17. The van der Waals surface area contributed by atoms with Crippen molar-refractivity contribution in [2.24, 2.45) is 5.73 Å². The molecule has 0 saturated carbocycles. The largest absolute Gasteiger partial charge is 0.364 e. The molecule has 1 aromatic heterocycles. The van der Waals surface area contributed by atoms with Crippen molar-refractivity contribution in [3.05, 3.63) is 100 Å². The van der Waals surface area contributed by atoms with Gasteiger partial charge < -0.3 is 5.73 Å². The van der Waals surface area contributed by atoms with E-state index in [9.17, 15) is 13.2 Å². The molecule has 1 aliphatic rings. The number of primary amides is 1. The first kappa shape index (κ1) is 21.9. The van der Waals surface area contributed by atoms with Crippen molar-refractivity contribution in [2.45, 2.75) is 26.2 Å². The molecule has 34 heavy (non-hydrogen) atoms. The molecule has 8 heteroatoms. The van der Waals surface area contributed by atoms with Gasteiger partial charge in [-0.25, -0.2) is 12.7 Å². The van der Waals surface area contributed by atoms with Crippen LogP contribution in [0.15, 0.2) is 66.7 Å². The zero-order valence-electron chi connectivity index (χ0n) is 18.8. The van der Waals surface area contributed by atoms with Crippen molar-refractivity contribution in [3.8, 4) is 11.3 Å². The molecule has 3 aromatic carbocycles. The van der Waals surface area contributed by atoms with E-state index in [0.29, 0.717) is 17.8 Å². The first-order valence-corrected chi connectivity index (χ1v) is 12.1. The highest BCUT2D eigenvalue weighted by Gasteiger charge is 2.32. The van der Waals surface area contributed by atoms with E-state index in [1.807, 2.05) is 62.4 Å². The van der Waals surface area contributed by atoms with Crippen LogP contribution in [0.2, 0.25) is 0 Å². The van der Waals surface area contributed by atoms with Gasteiger partial charge >= 0.3 is 0 Å². The Morgan fingerprint density at radius 3 is 2.50 bits per heavy atom. The van der Waals surface area contributed by atoms with Gasteiger partial charge in [0, 0.05) is 17.0 Å². The van der Waals surface area contributed by atoms with Crippen LogP contribution in [0.4, 0.5) is 11.4 Å². The second-order valence-corrected chi connectivity index (χ2v) is 9.45. The molecular weight excluding hydrogens is 448 g/mol. The first-order chi connectivity index (χ1) is 16.3. The molecule has 1 amide bonds. The van der Waals surface area contributed by atoms with Gasteiger partial charge in [-0.2, -0.15) is 5.10 Å². The number of carbonyl (C=O) groups excluding carboxylic acids is 1. The van der Waals surface area contributed by atoms with Crippen LogP contribution in [-0.2, 0) is 17.3 Å². The Kier molecular flexibility index (Phi) is 5.45. The third-order valence-electron chi connectivity index (χ3n) is 6.39. The highest BCUT2D eigenvalue weighted by Crippen LogP contribution is 2.43. The molecule has 0 spiro atoms. The molecule has 1 atom stereocenters. The van der Waals surface area contributed by atoms with E-state index in [4.69, 9.17) is 5.73 Å². The van der Waals surface area contributed by atoms with Crippen LogP contribution in [0.25, 0.3) is 11.3 Å². The number of nitrogens with one attached hydrogen (secondary N) is 1. The van der Waals surface area contributed by atoms with Crippen molar-refractivity contribution in [3.63, 3.8) is 0 Å². The van der Waals surface area contributed by atoms with Crippen molar-refractivity contribution in [1.29, 1.82) is 0 Å². The van der Waals surface area contributed by atoms with E-state index in [-0.39, 0.29) is 11.6 Å². The minimum absolute atomic E-state index is 0.143. The summed E-state index contributed by atoms with van der Waals surface area (Å²) in [5.41, 5.74) is 13.6. The molecule has 0 fully saturated rings. The Hall–Kier alpha value is -3.91. The average molecular weight is 473 g/mol. The summed E-state index contributed by atoms with van der Waals surface area (Å²) in [4.78, 5) is 12.1. The normalized spacial score (nSPS) is 14.5. The molecule has 0 saturated heterocycles. The maximum atomic E-state index is 12.2. The summed E-state index contributed by atoms with van der Waals surface area (Å²) in [6.45, 7) is 3.82. The number of aryl methyl sites for hydroxylation is 2. The summed E-state index contributed by atoms with van der Waals surface area (Å²) < 4.78 is 25.8. The number of hydrogen-bond donors (Lipinski definition) is 3. The van der Waals surface area contributed by atoms with Crippen LogP contribution >= 0.6 is 0 Å². The SMILES string of the molecule is Cc1ccc(C)c(N(c2ccc(C3Cc4ccccc4-c4[nH]nc(C(N)=O)c43)cc2)[SH](=O)=O)c1. The predicted octanol–water partition coefficient (Wildman–Crippen LogP) is 4.14. The van der Waals surface area contributed by atoms with Gasteiger partial charge in [0.1, 0.15) is 0 Å². The van der Waals surface area contributed by atoms with Crippen LogP contribution in [0.3, 0.4) is 0 Å². The summed E-state index contributed by atoms with van der Waals surface area (Å²) >= 11 is 0. The van der Waals surface area contributed by atoms with Gasteiger partial charge in [-0.1, -0.05) is 48.5 Å².